The quantitative estimate of drug-likeness (QED) is 0.722. The van der Waals surface area contributed by atoms with Crippen LogP contribution in [0.3, 0.4) is 0 Å². The van der Waals surface area contributed by atoms with Crippen molar-refractivity contribution in [3.05, 3.63) is 117 Å². The van der Waals surface area contributed by atoms with Crippen LogP contribution in [0.5, 0.6) is 0 Å². The molecule has 3 aliphatic rings. The molecule has 1 aromatic heterocycles. The summed E-state index contributed by atoms with van der Waals surface area (Å²) in [7, 11) is 0. The molecule has 0 spiro atoms. The first-order valence-electron chi connectivity index (χ1n) is 10.2. The van der Waals surface area contributed by atoms with Crippen molar-refractivity contribution in [2.45, 2.75) is 19.1 Å². The molecule has 31 heavy (non-hydrogen) atoms. The molecule has 1 atom stereocenters. The van der Waals surface area contributed by atoms with E-state index in [9.17, 15) is 9.90 Å². The first kappa shape index (κ1) is 24.0. The van der Waals surface area contributed by atoms with Gasteiger partial charge in [-0.05, 0) is 75.8 Å². The maximum atomic E-state index is 12.9. The molecule has 0 unspecified atom stereocenters. The number of hydrogen-bond acceptors (Lipinski definition) is 3. The normalized spacial score (nSPS) is 21.1. The van der Waals surface area contributed by atoms with Crippen LogP contribution in [0.1, 0.15) is 21.7 Å². The Labute approximate surface area is 196 Å². The zero-order chi connectivity index (χ0) is 20.8. The standard InChI is InChI=1S/C20H20N3O2.C5H5.Fe/c24-17-13-22(11-10-15-6-2-1-3-7-15)20(25)19-12-18(21-23(19)14-17)16-8-4-5-9-16;1-2-4-5-3-1;/h1-9,12,17,24H,10-11,13-14H2;1-5H;/q;;+2/t17-;;/m0../s1. The first-order chi connectivity index (χ1) is 14.7. The van der Waals surface area contributed by atoms with Crippen molar-refractivity contribution in [3.8, 4) is 0 Å². The smallest absolute Gasteiger partial charge is 0.389 e. The number of nitrogens with zero attached hydrogens (tertiary/aromatic N) is 3. The third kappa shape index (κ3) is 6.44. The summed E-state index contributed by atoms with van der Waals surface area (Å²) in [5.74, 6) is 0.913. The van der Waals surface area contributed by atoms with Crippen LogP contribution in [-0.2, 0) is 30.0 Å². The number of carbonyl (C=O) groups excluding carboxylic acids is 1. The van der Waals surface area contributed by atoms with Gasteiger partial charge in [-0.25, -0.2) is 0 Å². The Balaban J connectivity index is 0.000000401. The second kappa shape index (κ2) is 11.8. The van der Waals surface area contributed by atoms with Crippen LogP contribution in [0.4, 0.5) is 0 Å². The third-order valence-corrected chi connectivity index (χ3v) is 5.13. The van der Waals surface area contributed by atoms with E-state index in [1.807, 2.05) is 82.1 Å². The van der Waals surface area contributed by atoms with Gasteiger partial charge in [0.25, 0.3) is 5.91 Å². The number of β-amino-alcohol motifs (C(OH)–C–C–N with tert-alkyl or cyclic N) is 1. The number of aliphatic hydroxyl groups excluding tert-OH is 1. The molecule has 2 aliphatic carbocycles. The molecule has 5 nitrogen and oxygen atoms in total. The van der Waals surface area contributed by atoms with Gasteiger partial charge in [0, 0.05) is 19.0 Å². The summed E-state index contributed by atoms with van der Waals surface area (Å²) in [6.45, 7) is 1.25. The fourth-order valence-electron chi connectivity index (χ4n) is 3.59. The Hall–Kier alpha value is -1.62. The van der Waals surface area contributed by atoms with Crippen molar-refractivity contribution < 1.29 is 27.0 Å². The van der Waals surface area contributed by atoms with Crippen LogP contribution in [0.15, 0.2) is 36.4 Å². The van der Waals surface area contributed by atoms with Gasteiger partial charge in [0.2, 0.25) is 0 Å². The van der Waals surface area contributed by atoms with E-state index in [0.717, 1.165) is 18.0 Å². The molecular weight excluding hydrogens is 430 g/mol. The summed E-state index contributed by atoms with van der Waals surface area (Å²) in [6, 6.07) is 11.9. The van der Waals surface area contributed by atoms with E-state index in [2.05, 4.69) is 17.2 Å². The zero-order valence-corrected chi connectivity index (χ0v) is 18.2. The van der Waals surface area contributed by atoms with Crippen LogP contribution in [0.25, 0.3) is 0 Å². The van der Waals surface area contributed by atoms with Crippen LogP contribution in [0.2, 0.25) is 0 Å². The number of fused-ring (bicyclic) bond motifs is 1. The van der Waals surface area contributed by atoms with Crippen LogP contribution >= 0.6 is 0 Å². The minimum Gasteiger partial charge on any atom is -0.389 e. The first-order valence-corrected chi connectivity index (χ1v) is 10.2. The van der Waals surface area contributed by atoms with E-state index in [0.29, 0.717) is 25.3 Å². The number of benzene rings is 1. The van der Waals surface area contributed by atoms with Gasteiger partial charge in [-0.3, -0.25) is 9.48 Å². The van der Waals surface area contributed by atoms with Gasteiger partial charge in [0.1, 0.15) is 5.69 Å². The van der Waals surface area contributed by atoms with Gasteiger partial charge in [-0.2, -0.15) is 5.10 Å². The van der Waals surface area contributed by atoms with E-state index in [4.69, 9.17) is 0 Å². The number of amides is 1. The zero-order valence-electron chi connectivity index (χ0n) is 17.1. The Kier molecular flexibility index (Phi) is 9.18. The van der Waals surface area contributed by atoms with Crippen molar-refractivity contribution in [2.75, 3.05) is 13.1 Å². The molecule has 1 aliphatic heterocycles. The van der Waals surface area contributed by atoms with Crippen LogP contribution in [0, 0.1) is 63.7 Å². The Bertz CT molecular complexity index is 806. The molecular formula is C25H25FeN3O2+2. The van der Waals surface area contributed by atoms with E-state index < -0.39 is 6.10 Å². The Morgan fingerprint density at radius 1 is 0.935 bits per heavy atom. The van der Waals surface area contributed by atoms with E-state index in [-0.39, 0.29) is 23.0 Å². The molecule has 2 saturated carbocycles. The van der Waals surface area contributed by atoms with Gasteiger partial charge in [0.05, 0.1) is 18.3 Å². The summed E-state index contributed by atoms with van der Waals surface area (Å²) in [5.41, 5.74) is 2.49. The molecule has 0 saturated heterocycles. The second-order valence-corrected chi connectivity index (χ2v) is 7.37. The van der Waals surface area contributed by atoms with Crippen molar-refractivity contribution >= 4 is 5.91 Å². The van der Waals surface area contributed by atoms with Gasteiger partial charge in [-0.15, -0.1) is 0 Å². The average molecular weight is 455 g/mol. The molecule has 10 radical (unpaired) electrons. The molecule has 2 fully saturated rings. The average Bonchev–Trinajstić information content (AvgIpc) is 3.53. The fourth-order valence-corrected chi connectivity index (χ4v) is 3.59. The monoisotopic (exact) mass is 455 g/mol. The minimum absolute atomic E-state index is 0. The molecule has 6 heteroatoms. The minimum atomic E-state index is -0.617. The molecule has 158 valence electrons. The molecule has 2 heterocycles. The largest absolute Gasteiger partial charge is 2.00 e. The molecule has 2 aromatic rings. The van der Waals surface area contributed by atoms with Gasteiger partial charge in [-0.1, -0.05) is 30.3 Å². The number of aliphatic hydroxyl groups is 1. The Morgan fingerprint density at radius 2 is 1.58 bits per heavy atom. The number of aromatic nitrogens is 2. The number of carbonyl (C=O) groups is 1. The summed E-state index contributed by atoms with van der Waals surface area (Å²) in [4.78, 5) is 14.7. The van der Waals surface area contributed by atoms with Crippen LogP contribution in [-0.4, -0.2) is 44.9 Å². The molecule has 1 amide bonds. The summed E-state index contributed by atoms with van der Waals surface area (Å²) >= 11 is 0. The third-order valence-electron chi connectivity index (χ3n) is 5.13. The van der Waals surface area contributed by atoms with E-state index in [1.54, 1.807) is 9.58 Å². The maximum Gasteiger partial charge on any atom is 2.00 e. The molecule has 1 N–H and O–H groups in total. The fraction of sp³-hybridized carbons (Fsp3) is 0.200. The van der Waals surface area contributed by atoms with E-state index >= 15 is 0 Å². The van der Waals surface area contributed by atoms with Gasteiger partial charge < -0.3 is 10.0 Å². The Morgan fingerprint density at radius 3 is 2.23 bits per heavy atom. The maximum absolute atomic E-state index is 12.9. The van der Waals surface area contributed by atoms with Crippen molar-refractivity contribution in [3.63, 3.8) is 0 Å². The summed E-state index contributed by atoms with van der Waals surface area (Å²) in [5, 5.41) is 14.8. The number of hydrogen-bond donors (Lipinski definition) is 1. The predicted octanol–water partition coefficient (Wildman–Crippen LogP) is 2.71. The number of rotatable bonds is 4. The molecule has 5 rings (SSSR count). The van der Waals surface area contributed by atoms with Crippen molar-refractivity contribution in [1.82, 2.24) is 14.7 Å². The SMILES string of the molecule is O=C1c2cc([C]3[CH][CH][CH][CH]3)nn2C[C@@H](O)CN1CCc1ccccc1.[CH]1[CH][CH][CH][CH]1.[Fe+2]. The second-order valence-electron chi connectivity index (χ2n) is 7.37. The predicted molar refractivity (Wildman–Crippen MR) is 115 cm³/mol. The van der Waals surface area contributed by atoms with Gasteiger partial charge >= 0.3 is 17.1 Å². The summed E-state index contributed by atoms with van der Waals surface area (Å²) in [6.07, 6.45) is 18.0. The molecule has 1 aromatic carbocycles. The van der Waals surface area contributed by atoms with E-state index in [1.165, 1.54) is 5.56 Å². The van der Waals surface area contributed by atoms with Gasteiger partial charge in [0.15, 0.2) is 0 Å². The summed E-state index contributed by atoms with van der Waals surface area (Å²) < 4.78 is 1.64. The van der Waals surface area contributed by atoms with Crippen molar-refractivity contribution in [1.29, 1.82) is 0 Å². The van der Waals surface area contributed by atoms with Crippen molar-refractivity contribution in [2.24, 2.45) is 0 Å². The topological polar surface area (TPSA) is 58.4 Å². The van der Waals surface area contributed by atoms with Crippen LogP contribution < -0.4 is 0 Å². The molecule has 0 bridgehead atoms.